The van der Waals surface area contributed by atoms with Crippen LogP contribution in [0.4, 0.5) is 0 Å². The first-order valence-corrected chi connectivity index (χ1v) is 7.78. The summed E-state index contributed by atoms with van der Waals surface area (Å²) in [5.74, 6) is 0.150. The molecule has 2 aromatic carbocycles. The van der Waals surface area contributed by atoms with Crippen molar-refractivity contribution in [2.45, 2.75) is 33.7 Å². The topological polar surface area (TPSA) is 55.1 Å². The zero-order valence-electron chi connectivity index (χ0n) is 13.6. The number of nitrogens with zero attached hydrogens (tertiary/aromatic N) is 2. The normalized spacial score (nSPS) is 11.1. The summed E-state index contributed by atoms with van der Waals surface area (Å²) in [5, 5.41) is 9.00. The van der Waals surface area contributed by atoms with Gasteiger partial charge in [-0.3, -0.25) is 0 Å². The van der Waals surface area contributed by atoms with E-state index < -0.39 is 5.97 Å². The fraction of sp³-hybridized carbons (Fsp3) is 0.263. The Morgan fingerprint density at radius 2 is 1.78 bits per heavy atom. The molecule has 0 aliphatic rings. The highest BCUT2D eigenvalue weighted by molar-refractivity contribution is 5.87. The molecule has 0 spiro atoms. The largest absolute Gasteiger partial charge is 0.478 e. The van der Waals surface area contributed by atoms with E-state index in [9.17, 15) is 4.79 Å². The SMILES string of the molecule is CCc1nc2cc(C)c(C)cc2n1Cc1ccc(C(=O)O)cc1. The van der Waals surface area contributed by atoms with Crippen LogP contribution in [0.3, 0.4) is 0 Å². The summed E-state index contributed by atoms with van der Waals surface area (Å²) in [4.78, 5) is 15.7. The highest BCUT2D eigenvalue weighted by atomic mass is 16.4. The van der Waals surface area contributed by atoms with Crippen molar-refractivity contribution in [1.29, 1.82) is 0 Å². The zero-order chi connectivity index (χ0) is 16.6. The molecule has 0 saturated carbocycles. The number of aryl methyl sites for hydroxylation is 3. The summed E-state index contributed by atoms with van der Waals surface area (Å²) in [7, 11) is 0. The van der Waals surface area contributed by atoms with Crippen molar-refractivity contribution >= 4 is 17.0 Å². The zero-order valence-corrected chi connectivity index (χ0v) is 13.6. The van der Waals surface area contributed by atoms with Gasteiger partial charge < -0.3 is 9.67 Å². The molecule has 0 radical (unpaired) electrons. The number of carbonyl (C=O) groups is 1. The van der Waals surface area contributed by atoms with Crippen LogP contribution in [0.2, 0.25) is 0 Å². The summed E-state index contributed by atoms with van der Waals surface area (Å²) in [6, 6.07) is 11.4. The number of rotatable bonds is 4. The van der Waals surface area contributed by atoms with E-state index in [-0.39, 0.29) is 0 Å². The van der Waals surface area contributed by atoms with E-state index in [0.29, 0.717) is 12.1 Å². The van der Waals surface area contributed by atoms with E-state index >= 15 is 0 Å². The minimum Gasteiger partial charge on any atom is -0.478 e. The van der Waals surface area contributed by atoms with Crippen molar-refractivity contribution in [1.82, 2.24) is 9.55 Å². The van der Waals surface area contributed by atoms with E-state index in [2.05, 4.69) is 37.5 Å². The molecule has 4 nitrogen and oxygen atoms in total. The van der Waals surface area contributed by atoms with Gasteiger partial charge in [0.1, 0.15) is 5.82 Å². The molecule has 1 N–H and O–H groups in total. The number of benzene rings is 2. The van der Waals surface area contributed by atoms with Crippen LogP contribution < -0.4 is 0 Å². The van der Waals surface area contributed by atoms with E-state index in [1.54, 1.807) is 12.1 Å². The van der Waals surface area contributed by atoms with Crippen LogP contribution >= 0.6 is 0 Å². The molecule has 3 aromatic rings. The lowest BCUT2D eigenvalue weighted by Gasteiger charge is -2.09. The first-order valence-electron chi connectivity index (χ1n) is 7.78. The Balaban J connectivity index is 2.04. The van der Waals surface area contributed by atoms with Gasteiger partial charge in [0.25, 0.3) is 0 Å². The number of hydrogen-bond acceptors (Lipinski definition) is 2. The number of hydrogen-bond donors (Lipinski definition) is 1. The molecule has 118 valence electrons. The Morgan fingerprint density at radius 3 is 2.39 bits per heavy atom. The average molecular weight is 308 g/mol. The van der Waals surface area contributed by atoms with Crippen LogP contribution in [0.1, 0.15) is 39.8 Å². The smallest absolute Gasteiger partial charge is 0.335 e. The third kappa shape index (κ3) is 2.84. The number of fused-ring (bicyclic) bond motifs is 1. The minimum absolute atomic E-state index is 0.312. The van der Waals surface area contributed by atoms with Gasteiger partial charge >= 0.3 is 5.97 Å². The van der Waals surface area contributed by atoms with Crippen LogP contribution in [0.5, 0.6) is 0 Å². The quantitative estimate of drug-likeness (QED) is 0.793. The van der Waals surface area contributed by atoms with Crippen molar-refractivity contribution in [2.75, 3.05) is 0 Å². The summed E-state index contributed by atoms with van der Waals surface area (Å²) in [6.45, 7) is 7.01. The Labute approximate surface area is 135 Å². The molecular formula is C19H20N2O2. The number of imidazole rings is 1. The molecule has 23 heavy (non-hydrogen) atoms. The fourth-order valence-corrected chi connectivity index (χ4v) is 2.81. The average Bonchev–Trinajstić information content (AvgIpc) is 2.85. The summed E-state index contributed by atoms with van der Waals surface area (Å²) in [5.41, 5.74) is 6.03. The Hall–Kier alpha value is -2.62. The molecule has 0 bridgehead atoms. The Bertz CT molecular complexity index is 877. The first kappa shape index (κ1) is 15.3. The van der Waals surface area contributed by atoms with Crippen molar-refractivity contribution in [3.63, 3.8) is 0 Å². The van der Waals surface area contributed by atoms with Crippen LogP contribution in [0.25, 0.3) is 11.0 Å². The van der Waals surface area contributed by atoms with Gasteiger partial charge in [0.05, 0.1) is 16.6 Å². The maximum absolute atomic E-state index is 11.0. The third-order valence-electron chi connectivity index (χ3n) is 4.30. The third-order valence-corrected chi connectivity index (χ3v) is 4.30. The van der Waals surface area contributed by atoms with Crippen LogP contribution in [0.15, 0.2) is 36.4 Å². The van der Waals surface area contributed by atoms with E-state index in [1.807, 2.05) is 12.1 Å². The molecule has 4 heteroatoms. The van der Waals surface area contributed by atoms with Crippen LogP contribution in [-0.4, -0.2) is 20.6 Å². The highest BCUT2D eigenvalue weighted by Crippen LogP contribution is 2.22. The molecule has 0 atom stereocenters. The van der Waals surface area contributed by atoms with Crippen molar-refractivity contribution < 1.29 is 9.90 Å². The predicted molar refractivity (Wildman–Crippen MR) is 91.1 cm³/mol. The minimum atomic E-state index is -0.898. The number of aromatic carboxylic acids is 1. The molecule has 3 rings (SSSR count). The summed E-state index contributed by atoms with van der Waals surface area (Å²) < 4.78 is 2.22. The van der Waals surface area contributed by atoms with E-state index in [1.165, 1.54) is 11.1 Å². The summed E-state index contributed by atoms with van der Waals surface area (Å²) >= 11 is 0. The number of carboxylic acids is 1. The standard InChI is InChI=1S/C19H20N2O2/c1-4-18-20-16-9-12(2)13(3)10-17(16)21(18)11-14-5-7-15(8-6-14)19(22)23/h5-10H,4,11H2,1-3H3,(H,22,23). The van der Waals surface area contributed by atoms with Gasteiger partial charge in [0.15, 0.2) is 0 Å². The lowest BCUT2D eigenvalue weighted by atomic mass is 10.1. The Kier molecular flexibility index (Phi) is 3.90. The second-order valence-corrected chi connectivity index (χ2v) is 5.89. The molecule has 0 aliphatic carbocycles. The highest BCUT2D eigenvalue weighted by Gasteiger charge is 2.11. The second-order valence-electron chi connectivity index (χ2n) is 5.89. The summed E-state index contributed by atoms with van der Waals surface area (Å²) in [6.07, 6.45) is 0.861. The second kappa shape index (κ2) is 5.88. The van der Waals surface area contributed by atoms with Crippen molar-refractivity contribution in [2.24, 2.45) is 0 Å². The molecule has 1 heterocycles. The van der Waals surface area contributed by atoms with Crippen molar-refractivity contribution in [3.05, 3.63) is 64.5 Å². The monoisotopic (exact) mass is 308 g/mol. The van der Waals surface area contributed by atoms with Gasteiger partial charge in [-0.25, -0.2) is 9.78 Å². The molecule has 0 fully saturated rings. The van der Waals surface area contributed by atoms with E-state index in [0.717, 1.165) is 28.8 Å². The van der Waals surface area contributed by atoms with Gasteiger partial charge in [-0.15, -0.1) is 0 Å². The number of aromatic nitrogens is 2. The molecule has 0 aliphatic heterocycles. The molecular weight excluding hydrogens is 288 g/mol. The molecule has 1 aromatic heterocycles. The first-order chi connectivity index (χ1) is 11.0. The lowest BCUT2D eigenvalue weighted by molar-refractivity contribution is 0.0697. The van der Waals surface area contributed by atoms with Gasteiger partial charge in [-0.1, -0.05) is 19.1 Å². The number of carboxylic acid groups (broad SMARTS) is 1. The Morgan fingerprint density at radius 1 is 1.13 bits per heavy atom. The van der Waals surface area contributed by atoms with Gasteiger partial charge in [-0.05, 0) is 54.8 Å². The molecule has 0 saturated heterocycles. The predicted octanol–water partition coefficient (Wildman–Crippen LogP) is 3.96. The van der Waals surface area contributed by atoms with Gasteiger partial charge in [-0.2, -0.15) is 0 Å². The molecule has 0 amide bonds. The maximum Gasteiger partial charge on any atom is 0.335 e. The molecule has 0 unspecified atom stereocenters. The van der Waals surface area contributed by atoms with Gasteiger partial charge in [0, 0.05) is 13.0 Å². The van der Waals surface area contributed by atoms with Crippen LogP contribution in [0, 0.1) is 13.8 Å². The maximum atomic E-state index is 11.0. The van der Waals surface area contributed by atoms with Crippen molar-refractivity contribution in [3.8, 4) is 0 Å². The van der Waals surface area contributed by atoms with Crippen LogP contribution in [-0.2, 0) is 13.0 Å². The lowest BCUT2D eigenvalue weighted by Crippen LogP contribution is -2.05. The van der Waals surface area contributed by atoms with Gasteiger partial charge in [0.2, 0.25) is 0 Å². The fourth-order valence-electron chi connectivity index (χ4n) is 2.81. The van der Waals surface area contributed by atoms with E-state index in [4.69, 9.17) is 10.1 Å².